The number of rotatable bonds is 4. The summed E-state index contributed by atoms with van der Waals surface area (Å²) < 4.78 is 11.7. The van der Waals surface area contributed by atoms with Crippen LogP contribution in [0.25, 0.3) is 11.1 Å². The Morgan fingerprint density at radius 2 is 2.12 bits per heavy atom. The molecule has 0 radical (unpaired) electrons. The van der Waals surface area contributed by atoms with E-state index in [9.17, 15) is 14.4 Å². The molecule has 134 valence electrons. The summed E-state index contributed by atoms with van der Waals surface area (Å²) in [7, 11) is 0. The Morgan fingerprint density at radius 3 is 2.88 bits per heavy atom. The molecule has 2 aromatic rings. The number of carbonyl (C=O) groups excluding carboxylic acids is 2. The fourth-order valence-electron chi connectivity index (χ4n) is 3.36. The van der Waals surface area contributed by atoms with E-state index in [0.29, 0.717) is 37.2 Å². The SMILES string of the molecule is CCOC(=O)C1CCCN(C(=O)C(C)n2c(=O)oc3ccccc32)C1. The Bertz CT molecular complexity index is 837. The van der Waals surface area contributed by atoms with Gasteiger partial charge < -0.3 is 14.1 Å². The highest BCUT2D eigenvalue weighted by molar-refractivity contribution is 5.84. The molecular weight excluding hydrogens is 324 g/mol. The number of aromatic nitrogens is 1. The number of hydrogen-bond donors (Lipinski definition) is 0. The second-order valence-corrected chi connectivity index (χ2v) is 6.26. The van der Waals surface area contributed by atoms with Crippen molar-refractivity contribution in [3.05, 3.63) is 34.8 Å². The fourth-order valence-corrected chi connectivity index (χ4v) is 3.36. The van der Waals surface area contributed by atoms with Gasteiger partial charge in [-0.3, -0.25) is 14.2 Å². The molecule has 7 heteroatoms. The summed E-state index contributed by atoms with van der Waals surface area (Å²) >= 11 is 0. The second kappa shape index (κ2) is 7.13. The predicted molar refractivity (Wildman–Crippen MR) is 91.1 cm³/mol. The monoisotopic (exact) mass is 346 g/mol. The highest BCUT2D eigenvalue weighted by Crippen LogP contribution is 2.23. The fraction of sp³-hybridized carbons (Fsp3) is 0.500. The molecule has 0 bridgehead atoms. The number of benzene rings is 1. The zero-order valence-electron chi connectivity index (χ0n) is 14.4. The van der Waals surface area contributed by atoms with Crippen LogP contribution in [0.4, 0.5) is 0 Å². The van der Waals surface area contributed by atoms with Crippen LogP contribution in [0.2, 0.25) is 0 Å². The maximum atomic E-state index is 12.9. The summed E-state index contributed by atoms with van der Waals surface area (Å²) in [5.74, 6) is -1.31. The van der Waals surface area contributed by atoms with Gasteiger partial charge in [-0.2, -0.15) is 0 Å². The molecule has 2 unspecified atom stereocenters. The van der Waals surface area contributed by atoms with Crippen LogP contribution in [0.1, 0.15) is 32.7 Å². The van der Waals surface area contributed by atoms with E-state index in [0.717, 1.165) is 6.42 Å². The molecular formula is C18H22N2O5. The van der Waals surface area contributed by atoms with Gasteiger partial charge in [0.05, 0.1) is 18.0 Å². The molecule has 3 rings (SSSR count). The lowest BCUT2D eigenvalue weighted by atomic mass is 9.97. The van der Waals surface area contributed by atoms with E-state index < -0.39 is 11.8 Å². The van der Waals surface area contributed by atoms with Gasteiger partial charge >= 0.3 is 11.7 Å². The van der Waals surface area contributed by atoms with E-state index in [4.69, 9.17) is 9.15 Å². The number of hydrogen-bond acceptors (Lipinski definition) is 5. The molecule has 7 nitrogen and oxygen atoms in total. The van der Waals surface area contributed by atoms with Crippen molar-refractivity contribution in [1.29, 1.82) is 0 Å². The quantitative estimate of drug-likeness (QED) is 0.791. The van der Waals surface area contributed by atoms with Gasteiger partial charge in [0.1, 0.15) is 6.04 Å². The number of para-hydroxylation sites is 2. The topological polar surface area (TPSA) is 81.8 Å². The minimum absolute atomic E-state index is 0.192. The van der Waals surface area contributed by atoms with Crippen molar-refractivity contribution in [3.63, 3.8) is 0 Å². The number of carbonyl (C=O) groups is 2. The molecule has 0 aliphatic carbocycles. The molecule has 1 aliphatic rings. The van der Waals surface area contributed by atoms with E-state index in [-0.39, 0.29) is 17.8 Å². The van der Waals surface area contributed by atoms with Crippen LogP contribution < -0.4 is 5.76 Å². The smallest absolute Gasteiger partial charge is 0.420 e. The Kier molecular flexibility index (Phi) is 4.92. The van der Waals surface area contributed by atoms with Crippen molar-refractivity contribution in [2.24, 2.45) is 5.92 Å². The van der Waals surface area contributed by atoms with Gasteiger partial charge in [-0.15, -0.1) is 0 Å². The highest BCUT2D eigenvalue weighted by atomic mass is 16.5. The van der Waals surface area contributed by atoms with Crippen molar-refractivity contribution in [3.8, 4) is 0 Å². The van der Waals surface area contributed by atoms with Crippen molar-refractivity contribution >= 4 is 23.0 Å². The lowest BCUT2D eigenvalue weighted by molar-refractivity contribution is -0.151. The molecule has 1 amide bonds. The predicted octanol–water partition coefficient (Wildman–Crippen LogP) is 1.96. The largest absolute Gasteiger partial charge is 0.466 e. The molecule has 0 spiro atoms. The zero-order valence-corrected chi connectivity index (χ0v) is 14.4. The van der Waals surface area contributed by atoms with Gasteiger partial charge in [0.25, 0.3) is 0 Å². The third-order valence-electron chi connectivity index (χ3n) is 4.62. The minimum atomic E-state index is -0.697. The van der Waals surface area contributed by atoms with Crippen LogP contribution in [-0.2, 0) is 14.3 Å². The Hall–Kier alpha value is -2.57. The summed E-state index contributed by atoms with van der Waals surface area (Å²) in [6, 6.07) is 6.32. The third-order valence-corrected chi connectivity index (χ3v) is 4.62. The number of fused-ring (bicyclic) bond motifs is 1. The van der Waals surface area contributed by atoms with Crippen molar-refractivity contribution in [1.82, 2.24) is 9.47 Å². The first kappa shape index (κ1) is 17.3. The summed E-state index contributed by atoms with van der Waals surface area (Å²) in [6.45, 7) is 4.67. The maximum Gasteiger partial charge on any atom is 0.420 e. The molecule has 1 aromatic carbocycles. The highest BCUT2D eigenvalue weighted by Gasteiger charge is 2.32. The molecule has 1 aliphatic heterocycles. The van der Waals surface area contributed by atoms with Crippen LogP contribution in [0.15, 0.2) is 33.5 Å². The zero-order chi connectivity index (χ0) is 18.0. The van der Waals surface area contributed by atoms with Gasteiger partial charge in [0.2, 0.25) is 5.91 Å². The van der Waals surface area contributed by atoms with E-state index in [1.165, 1.54) is 4.57 Å². The normalized spacial score (nSPS) is 19.0. The first-order chi connectivity index (χ1) is 12.0. The molecule has 2 atom stereocenters. The number of amides is 1. The number of ether oxygens (including phenoxy) is 1. The lowest BCUT2D eigenvalue weighted by Crippen LogP contribution is -2.46. The molecule has 2 heterocycles. The minimum Gasteiger partial charge on any atom is -0.466 e. The van der Waals surface area contributed by atoms with Crippen LogP contribution >= 0.6 is 0 Å². The van der Waals surface area contributed by atoms with E-state index >= 15 is 0 Å². The van der Waals surface area contributed by atoms with Crippen LogP contribution in [-0.4, -0.2) is 41.0 Å². The summed E-state index contributed by atoms with van der Waals surface area (Å²) in [5.41, 5.74) is 1.04. The van der Waals surface area contributed by atoms with Crippen LogP contribution in [0.3, 0.4) is 0 Å². The lowest BCUT2D eigenvalue weighted by Gasteiger charge is -2.33. The molecule has 1 fully saturated rings. The molecule has 0 saturated carbocycles. The number of esters is 1. The number of nitrogens with zero attached hydrogens (tertiary/aromatic N) is 2. The number of piperidine rings is 1. The van der Waals surface area contributed by atoms with Gasteiger partial charge in [0, 0.05) is 13.1 Å². The Morgan fingerprint density at radius 1 is 1.36 bits per heavy atom. The first-order valence-corrected chi connectivity index (χ1v) is 8.58. The average molecular weight is 346 g/mol. The number of oxazole rings is 1. The standard InChI is InChI=1S/C18H22N2O5/c1-3-24-17(22)13-7-6-10-19(11-13)16(21)12(2)20-14-8-4-5-9-15(14)25-18(20)23/h4-5,8-9,12-13H,3,6-7,10-11H2,1-2H3. The maximum absolute atomic E-state index is 12.9. The summed E-state index contributed by atoms with van der Waals surface area (Å²) in [4.78, 5) is 38.7. The summed E-state index contributed by atoms with van der Waals surface area (Å²) in [6.07, 6.45) is 1.45. The van der Waals surface area contributed by atoms with Crippen molar-refractivity contribution in [2.45, 2.75) is 32.7 Å². The van der Waals surface area contributed by atoms with Crippen LogP contribution in [0, 0.1) is 5.92 Å². The number of likely N-dealkylation sites (tertiary alicyclic amines) is 1. The molecule has 0 N–H and O–H groups in total. The first-order valence-electron chi connectivity index (χ1n) is 8.58. The van der Waals surface area contributed by atoms with Gasteiger partial charge in [0.15, 0.2) is 5.58 Å². The summed E-state index contributed by atoms with van der Waals surface area (Å²) in [5, 5.41) is 0. The van der Waals surface area contributed by atoms with E-state index in [1.807, 2.05) is 0 Å². The Labute approximate surface area is 145 Å². The van der Waals surface area contributed by atoms with E-state index in [1.54, 1.807) is 43.0 Å². The molecule has 1 saturated heterocycles. The third kappa shape index (κ3) is 3.31. The van der Waals surface area contributed by atoms with Gasteiger partial charge in [-0.05, 0) is 38.8 Å². The Balaban J connectivity index is 1.81. The molecule has 1 aromatic heterocycles. The van der Waals surface area contributed by atoms with Gasteiger partial charge in [-0.1, -0.05) is 12.1 Å². The van der Waals surface area contributed by atoms with Crippen molar-refractivity contribution in [2.75, 3.05) is 19.7 Å². The average Bonchev–Trinajstić information content (AvgIpc) is 2.96. The van der Waals surface area contributed by atoms with Gasteiger partial charge in [-0.25, -0.2) is 4.79 Å². The molecule has 25 heavy (non-hydrogen) atoms. The van der Waals surface area contributed by atoms with E-state index in [2.05, 4.69) is 0 Å². The second-order valence-electron chi connectivity index (χ2n) is 6.26. The van der Waals surface area contributed by atoms with Crippen molar-refractivity contribution < 1.29 is 18.7 Å². The van der Waals surface area contributed by atoms with Crippen LogP contribution in [0.5, 0.6) is 0 Å².